The van der Waals surface area contributed by atoms with Crippen LogP contribution in [0.2, 0.25) is 0 Å². The molecule has 1 N–H and O–H groups in total. The highest BCUT2D eigenvalue weighted by Crippen LogP contribution is 2.25. The van der Waals surface area contributed by atoms with Crippen molar-refractivity contribution in [3.05, 3.63) is 30.3 Å². The first kappa shape index (κ1) is 17.3. The number of hydrogen-bond donors (Lipinski definition) is 1. The minimum absolute atomic E-state index is 0.457. The minimum atomic E-state index is -4.43. The molecule has 0 fully saturated rings. The van der Waals surface area contributed by atoms with Crippen LogP contribution in [0.15, 0.2) is 35.5 Å². The summed E-state index contributed by atoms with van der Waals surface area (Å²) < 4.78 is 38.0. The predicted molar refractivity (Wildman–Crippen MR) is 80.8 cm³/mol. The first-order valence-corrected chi connectivity index (χ1v) is 7.62. The van der Waals surface area contributed by atoms with Crippen LogP contribution in [0.1, 0.15) is 6.92 Å². The summed E-state index contributed by atoms with van der Waals surface area (Å²) in [5.41, 5.74) is 0.864. The van der Waals surface area contributed by atoms with E-state index in [0.29, 0.717) is 11.0 Å². The van der Waals surface area contributed by atoms with E-state index in [4.69, 9.17) is 0 Å². The van der Waals surface area contributed by atoms with Gasteiger partial charge in [-0.15, -0.1) is 10.2 Å². The molecular formula is C14H15F3N4OS. The van der Waals surface area contributed by atoms with Crippen molar-refractivity contribution in [3.63, 3.8) is 0 Å². The summed E-state index contributed by atoms with van der Waals surface area (Å²) in [4.78, 5) is 11.7. The molecule has 2 rings (SSSR count). The Morgan fingerprint density at radius 1 is 1.30 bits per heavy atom. The molecule has 1 heterocycles. The maximum absolute atomic E-state index is 12.1. The molecule has 0 aliphatic rings. The van der Waals surface area contributed by atoms with Crippen molar-refractivity contribution in [1.82, 2.24) is 20.1 Å². The number of nitrogens with one attached hydrogen (secondary N) is 1. The van der Waals surface area contributed by atoms with E-state index in [1.54, 1.807) is 11.6 Å². The Bertz CT molecular complexity index is 672. The van der Waals surface area contributed by atoms with E-state index in [1.807, 2.05) is 35.6 Å². The number of benzene rings is 1. The first-order valence-electron chi connectivity index (χ1n) is 6.74. The van der Waals surface area contributed by atoms with Crippen LogP contribution >= 0.6 is 11.8 Å². The SMILES string of the molecule is C[C@H](Sc1nnc(-c2ccccc2)n1C)C(=O)NCC(F)(F)F. The van der Waals surface area contributed by atoms with Gasteiger partial charge in [-0.1, -0.05) is 42.1 Å². The Hall–Kier alpha value is -2.03. The zero-order valence-corrected chi connectivity index (χ0v) is 13.3. The first-order chi connectivity index (χ1) is 10.8. The second kappa shape index (κ2) is 7.03. The highest BCUT2D eigenvalue weighted by Gasteiger charge is 2.29. The summed E-state index contributed by atoms with van der Waals surface area (Å²) in [6.07, 6.45) is -4.43. The van der Waals surface area contributed by atoms with E-state index >= 15 is 0 Å². The molecule has 0 unspecified atom stereocenters. The van der Waals surface area contributed by atoms with Gasteiger partial charge >= 0.3 is 6.18 Å². The second-order valence-corrected chi connectivity index (χ2v) is 6.13. The van der Waals surface area contributed by atoms with Crippen molar-refractivity contribution in [2.75, 3.05) is 6.54 Å². The normalized spacial score (nSPS) is 12.9. The van der Waals surface area contributed by atoms with Crippen LogP contribution in [-0.2, 0) is 11.8 Å². The Balaban J connectivity index is 2.03. The second-order valence-electron chi connectivity index (χ2n) is 4.82. The van der Waals surface area contributed by atoms with Gasteiger partial charge in [-0.3, -0.25) is 4.79 Å². The molecule has 5 nitrogen and oxygen atoms in total. The molecule has 0 spiro atoms. The third-order valence-electron chi connectivity index (χ3n) is 2.98. The van der Waals surface area contributed by atoms with Crippen molar-refractivity contribution in [3.8, 4) is 11.4 Å². The molecule has 0 radical (unpaired) electrons. The third kappa shape index (κ3) is 4.72. The highest BCUT2D eigenvalue weighted by molar-refractivity contribution is 8.00. The van der Waals surface area contributed by atoms with E-state index < -0.39 is 23.9 Å². The smallest absolute Gasteiger partial charge is 0.346 e. The van der Waals surface area contributed by atoms with E-state index in [0.717, 1.165) is 17.3 Å². The molecule has 0 aliphatic heterocycles. The number of carbonyl (C=O) groups is 1. The lowest BCUT2D eigenvalue weighted by Crippen LogP contribution is -2.38. The standard InChI is InChI=1S/C14H15F3N4OS/c1-9(12(22)18-8-14(15,16)17)23-13-20-19-11(21(13)2)10-6-4-3-5-7-10/h3-7,9H,8H2,1-2H3,(H,18,22)/t9-/m0/s1. The van der Waals surface area contributed by atoms with Crippen LogP contribution < -0.4 is 5.32 Å². The van der Waals surface area contributed by atoms with Gasteiger partial charge < -0.3 is 9.88 Å². The van der Waals surface area contributed by atoms with Gasteiger partial charge in [-0.25, -0.2) is 0 Å². The average molecular weight is 344 g/mol. The summed E-state index contributed by atoms with van der Waals surface area (Å²) in [6, 6.07) is 9.35. The number of thioether (sulfide) groups is 1. The molecule has 1 aromatic heterocycles. The zero-order valence-electron chi connectivity index (χ0n) is 12.5. The predicted octanol–water partition coefficient (Wildman–Crippen LogP) is 2.64. The van der Waals surface area contributed by atoms with Gasteiger partial charge in [-0.05, 0) is 6.92 Å². The number of aromatic nitrogens is 3. The van der Waals surface area contributed by atoms with Crippen LogP contribution in [0.3, 0.4) is 0 Å². The largest absolute Gasteiger partial charge is 0.405 e. The minimum Gasteiger partial charge on any atom is -0.346 e. The van der Waals surface area contributed by atoms with Crippen molar-refractivity contribution in [1.29, 1.82) is 0 Å². The topological polar surface area (TPSA) is 59.8 Å². The van der Waals surface area contributed by atoms with Gasteiger partial charge in [0.05, 0.1) is 5.25 Å². The Morgan fingerprint density at radius 3 is 2.57 bits per heavy atom. The van der Waals surface area contributed by atoms with Gasteiger partial charge in [0.15, 0.2) is 11.0 Å². The molecule has 2 aromatic rings. The van der Waals surface area contributed by atoms with Crippen LogP contribution in [-0.4, -0.2) is 38.6 Å². The summed E-state index contributed by atoms with van der Waals surface area (Å²) in [6.45, 7) is 0.179. The van der Waals surface area contributed by atoms with E-state index in [1.165, 1.54) is 6.92 Å². The maximum Gasteiger partial charge on any atom is 0.405 e. The number of halogens is 3. The quantitative estimate of drug-likeness (QED) is 0.847. The fraction of sp³-hybridized carbons (Fsp3) is 0.357. The van der Waals surface area contributed by atoms with Gasteiger partial charge in [0.2, 0.25) is 5.91 Å². The van der Waals surface area contributed by atoms with Crippen molar-refractivity contribution < 1.29 is 18.0 Å². The molecule has 1 atom stereocenters. The lowest BCUT2D eigenvalue weighted by atomic mass is 10.2. The number of hydrogen-bond acceptors (Lipinski definition) is 4. The lowest BCUT2D eigenvalue weighted by Gasteiger charge is -2.13. The molecule has 9 heteroatoms. The number of carbonyl (C=O) groups excluding carboxylic acids is 1. The molecule has 0 saturated carbocycles. The van der Waals surface area contributed by atoms with Crippen LogP contribution in [0, 0.1) is 0 Å². The van der Waals surface area contributed by atoms with E-state index in [9.17, 15) is 18.0 Å². The summed E-state index contributed by atoms with van der Waals surface area (Å²) >= 11 is 1.05. The Kier molecular flexibility index (Phi) is 5.30. The molecule has 0 saturated heterocycles. The molecule has 23 heavy (non-hydrogen) atoms. The summed E-state index contributed by atoms with van der Waals surface area (Å²) in [5, 5.41) is 9.66. The van der Waals surface area contributed by atoms with Crippen molar-refractivity contribution in [2.24, 2.45) is 7.05 Å². The fourth-order valence-electron chi connectivity index (χ4n) is 1.80. The van der Waals surface area contributed by atoms with Gasteiger partial charge in [-0.2, -0.15) is 13.2 Å². The summed E-state index contributed by atoms with van der Waals surface area (Å²) in [5.74, 6) is -0.0763. The Labute approximate surface area is 135 Å². The van der Waals surface area contributed by atoms with Gasteiger partial charge in [0.25, 0.3) is 0 Å². The van der Waals surface area contributed by atoms with Crippen LogP contribution in [0.5, 0.6) is 0 Å². The third-order valence-corrected chi connectivity index (χ3v) is 4.12. The number of rotatable bonds is 5. The zero-order chi connectivity index (χ0) is 17.0. The van der Waals surface area contributed by atoms with Crippen LogP contribution in [0.25, 0.3) is 11.4 Å². The molecule has 1 aromatic carbocycles. The highest BCUT2D eigenvalue weighted by atomic mass is 32.2. The molecule has 1 amide bonds. The molecule has 124 valence electrons. The Morgan fingerprint density at radius 2 is 1.96 bits per heavy atom. The monoisotopic (exact) mass is 344 g/mol. The van der Waals surface area contributed by atoms with Crippen molar-refractivity contribution in [2.45, 2.75) is 23.5 Å². The van der Waals surface area contributed by atoms with Crippen molar-refractivity contribution >= 4 is 17.7 Å². The molecule has 0 aliphatic carbocycles. The van der Waals surface area contributed by atoms with Gasteiger partial charge in [0, 0.05) is 12.6 Å². The number of amides is 1. The van der Waals surface area contributed by atoms with E-state index in [2.05, 4.69) is 10.2 Å². The average Bonchev–Trinajstić information content (AvgIpc) is 2.86. The maximum atomic E-state index is 12.1. The summed E-state index contributed by atoms with van der Waals surface area (Å²) in [7, 11) is 1.74. The fourth-order valence-corrected chi connectivity index (χ4v) is 2.64. The van der Waals surface area contributed by atoms with E-state index in [-0.39, 0.29) is 0 Å². The number of nitrogens with zero attached hydrogens (tertiary/aromatic N) is 3. The molecule has 0 bridgehead atoms. The van der Waals surface area contributed by atoms with Crippen LogP contribution in [0.4, 0.5) is 13.2 Å². The number of alkyl halides is 3. The molecular weight excluding hydrogens is 329 g/mol. The van der Waals surface area contributed by atoms with Gasteiger partial charge in [0.1, 0.15) is 6.54 Å². The lowest BCUT2D eigenvalue weighted by molar-refractivity contribution is -0.137.